The Kier molecular flexibility index (Phi) is 3.61. The van der Waals surface area contributed by atoms with Gasteiger partial charge in [-0.25, -0.2) is 4.79 Å². The van der Waals surface area contributed by atoms with Gasteiger partial charge in [-0.15, -0.1) is 0 Å². The average Bonchev–Trinajstić information content (AvgIpc) is 2.56. The summed E-state index contributed by atoms with van der Waals surface area (Å²) in [4.78, 5) is 12.0. The molecule has 1 aromatic heterocycles. The highest BCUT2D eigenvalue weighted by Gasteiger charge is 2.28. The highest BCUT2D eigenvalue weighted by molar-refractivity contribution is 5.89. The fourth-order valence-electron chi connectivity index (χ4n) is 2.45. The standard InChI is InChI=1S/C13H20N2O3/c1-8-4-11(5-9(2)17-8)18-13(16)12-6-10(14)7-15(12)3/h6-9,11H,4-5,14H2,1-3H3. The summed E-state index contributed by atoms with van der Waals surface area (Å²) in [6.07, 6.45) is 3.38. The predicted octanol–water partition coefficient (Wildman–Crippen LogP) is 1.72. The lowest BCUT2D eigenvalue weighted by molar-refractivity contribution is -0.0857. The summed E-state index contributed by atoms with van der Waals surface area (Å²) in [6.45, 7) is 3.99. The Bertz CT molecular complexity index is 431. The minimum Gasteiger partial charge on any atom is -0.458 e. The maximum absolute atomic E-state index is 12.0. The van der Waals surface area contributed by atoms with Gasteiger partial charge < -0.3 is 19.8 Å². The first kappa shape index (κ1) is 13.0. The van der Waals surface area contributed by atoms with Gasteiger partial charge >= 0.3 is 5.97 Å². The molecule has 0 spiro atoms. The zero-order valence-corrected chi connectivity index (χ0v) is 11.1. The van der Waals surface area contributed by atoms with Crippen LogP contribution in [0.1, 0.15) is 37.2 Å². The smallest absolute Gasteiger partial charge is 0.355 e. The van der Waals surface area contributed by atoms with Crippen LogP contribution in [-0.4, -0.2) is 28.8 Å². The molecule has 2 rings (SSSR count). The molecule has 1 aliphatic rings. The van der Waals surface area contributed by atoms with E-state index in [2.05, 4.69) is 0 Å². The largest absolute Gasteiger partial charge is 0.458 e. The highest BCUT2D eigenvalue weighted by atomic mass is 16.6. The Labute approximate surface area is 107 Å². The van der Waals surface area contributed by atoms with Crippen molar-refractivity contribution in [3.8, 4) is 0 Å². The van der Waals surface area contributed by atoms with Crippen molar-refractivity contribution in [1.29, 1.82) is 0 Å². The number of ether oxygens (including phenoxy) is 2. The molecule has 2 atom stereocenters. The van der Waals surface area contributed by atoms with Crippen molar-refractivity contribution in [3.63, 3.8) is 0 Å². The molecule has 1 aromatic rings. The van der Waals surface area contributed by atoms with Crippen molar-refractivity contribution in [3.05, 3.63) is 18.0 Å². The Morgan fingerprint density at radius 2 is 2.06 bits per heavy atom. The molecular formula is C13H20N2O3. The fourth-order valence-corrected chi connectivity index (χ4v) is 2.45. The van der Waals surface area contributed by atoms with E-state index in [0.29, 0.717) is 11.4 Å². The van der Waals surface area contributed by atoms with E-state index < -0.39 is 0 Å². The highest BCUT2D eigenvalue weighted by Crippen LogP contribution is 2.23. The molecule has 0 bridgehead atoms. The van der Waals surface area contributed by atoms with Crippen LogP contribution in [-0.2, 0) is 16.5 Å². The average molecular weight is 252 g/mol. The van der Waals surface area contributed by atoms with Gasteiger partial charge in [0.1, 0.15) is 11.8 Å². The number of carbonyl (C=O) groups is 1. The molecule has 2 heterocycles. The predicted molar refractivity (Wildman–Crippen MR) is 68.3 cm³/mol. The lowest BCUT2D eigenvalue weighted by Gasteiger charge is -2.31. The van der Waals surface area contributed by atoms with Crippen LogP contribution in [0.5, 0.6) is 0 Å². The monoisotopic (exact) mass is 252 g/mol. The Morgan fingerprint density at radius 3 is 2.56 bits per heavy atom. The molecule has 5 heteroatoms. The van der Waals surface area contributed by atoms with Crippen LogP contribution in [0.3, 0.4) is 0 Å². The molecule has 18 heavy (non-hydrogen) atoms. The molecule has 0 radical (unpaired) electrons. The van der Waals surface area contributed by atoms with Gasteiger partial charge in [-0.05, 0) is 19.9 Å². The van der Waals surface area contributed by atoms with E-state index >= 15 is 0 Å². The number of aryl methyl sites for hydroxylation is 1. The second kappa shape index (κ2) is 5.02. The lowest BCUT2D eigenvalue weighted by Crippen LogP contribution is -2.35. The Balaban J connectivity index is 2.01. The summed E-state index contributed by atoms with van der Waals surface area (Å²) in [7, 11) is 1.78. The number of nitrogens with zero attached hydrogens (tertiary/aromatic N) is 1. The number of hydrogen-bond acceptors (Lipinski definition) is 4. The van der Waals surface area contributed by atoms with Crippen molar-refractivity contribution in [1.82, 2.24) is 4.57 Å². The summed E-state index contributed by atoms with van der Waals surface area (Å²) in [5.74, 6) is -0.319. The summed E-state index contributed by atoms with van der Waals surface area (Å²) < 4.78 is 12.8. The molecule has 0 saturated carbocycles. The first-order chi connectivity index (χ1) is 8.45. The topological polar surface area (TPSA) is 66.5 Å². The van der Waals surface area contributed by atoms with Gasteiger partial charge in [-0.3, -0.25) is 0 Å². The molecule has 100 valence electrons. The van der Waals surface area contributed by atoms with Crippen LogP contribution in [0.4, 0.5) is 5.69 Å². The third kappa shape index (κ3) is 2.85. The van der Waals surface area contributed by atoms with E-state index in [1.165, 1.54) is 0 Å². The minimum absolute atomic E-state index is 0.0765. The van der Waals surface area contributed by atoms with Gasteiger partial charge in [0.05, 0.1) is 17.9 Å². The normalized spacial score (nSPS) is 28.1. The number of nitrogen functional groups attached to an aromatic ring is 1. The van der Waals surface area contributed by atoms with Gasteiger partial charge in [-0.2, -0.15) is 0 Å². The van der Waals surface area contributed by atoms with Gasteiger partial charge in [-0.1, -0.05) is 0 Å². The molecule has 1 saturated heterocycles. The number of anilines is 1. The number of hydrogen-bond donors (Lipinski definition) is 1. The van der Waals surface area contributed by atoms with Crippen molar-refractivity contribution in [2.75, 3.05) is 5.73 Å². The maximum Gasteiger partial charge on any atom is 0.355 e. The number of carbonyl (C=O) groups excluding carboxylic acids is 1. The third-order valence-electron chi connectivity index (χ3n) is 3.16. The lowest BCUT2D eigenvalue weighted by atomic mass is 10.0. The molecule has 1 fully saturated rings. The molecule has 0 aliphatic carbocycles. The number of rotatable bonds is 2. The molecule has 0 aromatic carbocycles. The summed E-state index contributed by atoms with van der Waals surface area (Å²) in [5.41, 5.74) is 6.70. The van der Waals surface area contributed by atoms with E-state index in [1.54, 1.807) is 23.9 Å². The van der Waals surface area contributed by atoms with Gasteiger partial charge in [0.25, 0.3) is 0 Å². The summed E-state index contributed by atoms with van der Waals surface area (Å²) in [6, 6.07) is 1.63. The van der Waals surface area contributed by atoms with E-state index in [1.807, 2.05) is 13.8 Å². The first-order valence-corrected chi connectivity index (χ1v) is 6.24. The zero-order chi connectivity index (χ0) is 13.3. The fraction of sp³-hybridized carbons (Fsp3) is 0.615. The SMILES string of the molecule is CC1CC(OC(=O)c2cc(N)cn2C)CC(C)O1. The maximum atomic E-state index is 12.0. The van der Waals surface area contributed by atoms with Crippen LogP contribution in [0, 0.1) is 0 Å². The zero-order valence-electron chi connectivity index (χ0n) is 11.1. The molecule has 1 aliphatic heterocycles. The van der Waals surface area contributed by atoms with Crippen LogP contribution in [0.15, 0.2) is 12.3 Å². The summed E-state index contributed by atoms with van der Waals surface area (Å²) >= 11 is 0. The van der Waals surface area contributed by atoms with Crippen LogP contribution < -0.4 is 5.73 Å². The molecule has 0 amide bonds. The first-order valence-electron chi connectivity index (χ1n) is 6.24. The second-order valence-electron chi connectivity index (χ2n) is 5.03. The van der Waals surface area contributed by atoms with Crippen LogP contribution in [0.25, 0.3) is 0 Å². The quantitative estimate of drug-likeness (QED) is 0.814. The van der Waals surface area contributed by atoms with E-state index in [9.17, 15) is 4.79 Å². The molecular weight excluding hydrogens is 232 g/mol. The van der Waals surface area contributed by atoms with Crippen molar-refractivity contribution < 1.29 is 14.3 Å². The van der Waals surface area contributed by atoms with Gasteiger partial charge in [0, 0.05) is 26.1 Å². The van der Waals surface area contributed by atoms with E-state index in [4.69, 9.17) is 15.2 Å². The third-order valence-corrected chi connectivity index (χ3v) is 3.16. The second-order valence-corrected chi connectivity index (χ2v) is 5.03. The molecule has 2 unspecified atom stereocenters. The number of nitrogens with two attached hydrogens (primary N) is 1. The van der Waals surface area contributed by atoms with Gasteiger partial charge in [0.15, 0.2) is 0 Å². The van der Waals surface area contributed by atoms with E-state index in [-0.39, 0.29) is 24.3 Å². The number of esters is 1. The number of aromatic nitrogens is 1. The molecule has 2 N–H and O–H groups in total. The minimum atomic E-state index is -0.319. The van der Waals surface area contributed by atoms with Crippen LogP contribution in [0.2, 0.25) is 0 Å². The van der Waals surface area contributed by atoms with Gasteiger partial charge in [0.2, 0.25) is 0 Å². The van der Waals surface area contributed by atoms with Crippen LogP contribution >= 0.6 is 0 Å². The Hall–Kier alpha value is -1.49. The molecule has 5 nitrogen and oxygen atoms in total. The summed E-state index contributed by atoms with van der Waals surface area (Å²) in [5, 5.41) is 0. The van der Waals surface area contributed by atoms with E-state index in [0.717, 1.165) is 12.8 Å². The van der Waals surface area contributed by atoms with Crippen molar-refractivity contribution in [2.24, 2.45) is 7.05 Å². The van der Waals surface area contributed by atoms with Crippen molar-refractivity contribution in [2.45, 2.75) is 45.0 Å². The Morgan fingerprint density at radius 1 is 1.44 bits per heavy atom. The van der Waals surface area contributed by atoms with Crippen molar-refractivity contribution >= 4 is 11.7 Å².